The van der Waals surface area contributed by atoms with Gasteiger partial charge in [-0.3, -0.25) is 4.79 Å². The molecule has 4 heteroatoms. The van der Waals surface area contributed by atoms with E-state index in [2.05, 4.69) is 4.98 Å². The van der Waals surface area contributed by atoms with Crippen LogP contribution in [0.1, 0.15) is 18.5 Å². The zero-order valence-electron chi connectivity index (χ0n) is 7.64. The number of hydrogen-bond donors (Lipinski definition) is 1. The van der Waals surface area contributed by atoms with Crippen molar-refractivity contribution in [1.82, 2.24) is 9.55 Å². The van der Waals surface area contributed by atoms with Crippen molar-refractivity contribution in [2.24, 2.45) is 18.9 Å². The first-order chi connectivity index (χ1) is 6.11. The van der Waals surface area contributed by atoms with Crippen LogP contribution in [0.15, 0.2) is 12.5 Å². The van der Waals surface area contributed by atoms with E-state index in [0.29, 0.717) is 0 Å². The van der Waals surface area contributed by atoms with Crippen molar-refractivity contribution in [1.29, 1.82) is 0 Å². The Labute approximate surface area is 76.2 Å². The molecule has 0 saturated heterocycles. The fraction of sp³-hybridized carbons (Fsp3) is 0.556. The van der Waals surface area contributed by atoms with Gasteiger partial charge in [-0.25, -0.2) is 4.98 Å². The third-order valence-corrected chi connectivity index (χ3v) is 2.73. The molecule has 3 atom stereocenters. The number of rotatable bonds is 2. The SMILES string of the molecule is C[C@H]1C(c2cn(C)cn2)[C@@H]1C(=O)O. The van der Waals surface area contributed by atoms with E-state index in [4.69, 9.17) is 5.11 Å². The number of carboxylic acids is 1. The zero-order chi connectivity index (χ0) is 9.59. The molecule has 0 aliphatic heterocycles. The summed E-state index contributed by atoms with van der Waals surface area (Å²) in [6.45, 7) is 1.96. The third kappa shape index (κ3) is 1.22. The van der Waals surface area contributed by atoms with Crippen LogP contribution in [0.3, 0.4) is 0 Å². The minimum Gasteiger partial charge on any atom is -0.481 e. The van der Waals surface area contributed by atoms with Crippen molar-refractivity contribution in [3.8, 4) is 0 Å². The second kappa shape index (κ2) is 2.58. The van der Waals surface area contributed by atoms with Crippen molar-refractivity contribution < 1.29 is 9.90 Å². The highest BCUT2D eigenvalue weighted by Crippen LogP contribution is 2.53. The summed E-state index contributed by atoms with van der Waals surface area (Å²) in [7, 11) is 1.89. The average Bonchev–Trinajstić information content (AvgIpc) is 2.51. The lowest BCUT2D eigenvalue weighted by atomic mass is 10.2. The number of carbonyl (C=O) groups is 1. The van der Waals surface area contributed by atoms with Gasteiger partial charge >= 0.3 is 5.97 Å². The van der Waals surface area contributed by atoms with Gasteiger partial charge in [-0.05, 0) is 5.92 Å². The molecule has 1 fully saturated rings. The van der Waals surface area contributed by atoms with E-state index >= 15 is 0 Å². The molecular weight excluding hydrogens is 168 g/mol. The van der Waals surface area contributed by atoms with Crippen LogP contribution in [0.5, 0.6) is 0 Å². The first-order valence-corrected chi connectivity index (χ1v) is 4.32. The van der Waals surface area contributed by atoms with Crippen LogP contribution >= 0.6 is 0 Å². The Morgan fingerprint density at radius 1 is 1.69 bits per heavy atom. The Kier molecular flexibility index (Phi) is 1.65. The van der Waals surface area contributed by atoms with Crippen molar-refractivity contribution in [2.75, 3.05) is 0 Å². The molecule has 2 rings (SSSR count). The lowest BCUT2D eigenvalue weighted by Crippen LogP contribution is -1.99. The van der Waals surface area contributed by atoms with E-state index in [0.717, 1.165) is 5.69 Å². The molecule has 70 valence electrons. The molecule has 4 nitrogen and oxygen atoms in total. The Morgan fingerprint density at radius 3 is 2.77 bits per heavy atom. The zero-order valence-corrected chi connectivity index (χ0v) is 7.64. The van der Waals surface area contributed by atoms with Gasteiger partial charge in [0.2, 0.25) is 0 Å². The van der Waals surface area contributed by atoms with E-state index in [9.17, 15) is 4.79 Å². The Hall–Kier alpha value is -1.32. The van der Waals surface area contributed by atoms with Crippen LogP contribution < -0.4 is 0 Å². The van der Waals surface area contributed by atoms with Gasteiger partial charge < -0.3 is 9.67 Å². The Balaban J connectivity index is 2.17. The van der Waals surface area contributed by atoms with Gasteiger partial charge in [0.25, 0.3) is 0 Å². The summed E-state index contributed by atoms with van der Waals surface area (Å²) in [6, 6.07) is 0. The summed E-state index contributed by atoms with van der Waals surface area (Å²) >= 11 is 0. The van der Waals surface area contributed by atoms with Crippen LogP contribution in [-0.2, 0) is 11.8 Å². The predicted octanol–water partition coefficient (Wildman–Crippen LogP) is 0.854. The fourth-order valence-corrected chi connectivity index (χ4v) is 1.90. The summed E-state index contributed by atoms with van der Waals surface area (Å²) in [6.07, 6.45) is 3.60. The Morgan fingerprint density at radius 2 is 2.38 bits per heavy atom. The maximum atomic E-state index is 10.7. The molecule has 1 aromatic heterocycles. The molecule has 1 aromatic rings. The molecule has 13 heavy (non-hydrogen) atoms. The number of imidazole rings is 1. The second-order valence-corrected chi connectivity index (χ2v) is 3.71. The maximum absolute atomic E-state index is 10.7. The lowest BCUT2D eigenvalue weighted by Gasteiger charge is -1.89. The van der Waals surface area contributed by atoms with Gasteiger partial charge in [0, 0.05) is 19.2 Å². The first kappa shape index (κ1) is 8.29. The fourth-order valence-electron chi connectivity index (χ4n) is 1.90. The largest absolute Gasteiger partial charge is 0.481 e. The molecule has 1 saturated carbocycles. The lowest BCUT2D eigenvalue weighted by molar-refractivity contribution is -0.138. The summed E-state index contributed by atoms with van der Waals surface area (Å²) in [5.41, 5.74) is 0.905. The van der Waals surface area contributed by atoms with E-state index in [1.807, 2.05) is 24.7 Å². The smallest absolute Gasteiger partial charge is 0.307 e. The van der Waals surface area contributed by atoms with Gasteiger partial charge in [-0.2, -0.15) is 0 Å². The summed E-state index contributed by atoms with van der Waals surface area (Å²) in [4.78, 5) is 14.9. The van der Waals surface area contributed by atoms with E-state index in [-0.39, 0.29) is 17.8 Å². The monoisotopic (exact) mass is 180 g/mol. The summed E-state index contributed by atoms with van der Waals surface area (Å²) < 4.78 is 1.85. The number of hydrogen-bond acceptors (Lipinski definition) is 2. The standard InChI is InChI=1S/C9H12N2O2/c1-5-7(8(5)9(12)13)6-3-11(2)4-10-6/h3-5,7-8H,1-2H3,(H,12,13)/t5-,7?,8+/m0/s1. The van der Waals surface area contributed by atoms with E-state index < -0.39 is 5.97 Å². The quantitative estimate of drug-likeness (QED) is 0.734. The number of aryl methyl sites for hydroxylation is 1. The van der Waals surface area contributed by atoms with Crippen LogP contribution in [0, 0.1) is 11.8 Å². The molecule has 1 heterocycles. The molecule has 0 amide bonds. The molecule has 1 unspecified atom stereocenters. The Bertz CT molecular complexity index is 345. The number of aromatic nitrogens is 2. The minimum absolute atomic E-state index is 0.124. The van der Waals surface area contributed by atoms with Crippen molar-refractivity contribution in [3.63, 3.8) is 0 Å². The normalized spacial score (nSPS) is 31.7. The molecule has 0 bridgehead atoms. The number of aliphatic carboxylic acids is 1. The van der Waals surface area contributed by atoms with Crippen molar-refractivity contribution >= 4 is 5.97 Å². The highest BCUT2D eigenvalue weighted by Gasteiger charge is 2.53. The molecule has 1 aliphatic carbocycles. The highest BCUT2D eigenvalue weighted by atomic mass is 16.4. The minimum atomic E-state index is -0.705. The van der Waals surface area contributed by atoms with Gasteiger partial charge in [-0.1, -0.05) is 6.92 Å². The summed E-state index contributed by atoms with van der Waals surface area (Å²) in [5, 5.41) is 8.83. The van der Waals surface area contributed by atoms with Gasteiger partial charge in [0.15, 0.2) is 0 Å². The van der Waals surface area contributed by atoms with Crippen LogP contribution in [0.25, 0.3) is 0 Å². The summed E-state index contributed by atoms with van der Waals surface area (Å²) in [5.74, 6) is -0.579. The first-order valence-electron chi connectivity index (χ1n) is 4.32. The van der Waals surface area contributed by atoms with Crippen molar-refractivity contribution in [3.05, 3.63) is 18.2 Å². The number of carboxylic acid groups (broad SMARTS) is 1. The van der Waals surface area contributed by atoms with Crippen LogP contribution in [0.4, 0.5) is 0 Å². The van der Waals surface area contributed by atoms with Crippen LogP contribution in [-0.4, -0.2) is 20.6 Å². The molecule has 1 aliphatic rings. The molecule has 0 spiro atoms. The topological polar surface area (TPSA) is 55.1 Å². The van der Waals surface area contributed by atoms with Gasteiger partial charge in [0.1, 0.15) is 0 Å². The van der Waals surface area contributed by atoms with Crippen molar-refractivity contribution in [2.45, 2.75) is 12.8 Å². The second-order valence-electron chi connectivity index (χ2n) is 3.71. The van der Waals surface area contributed by atoms with Crippen LogP contribution in [0.2, 0.25) is 0 Å². The molecule has 1 N–H and O–H groups in total. The number of nitrogens with zero attached hydrogens (tertiary/aromatic N) is 2. The predicted molar refractivity (Wildman–Crippen MR) is 46.2 cm³/mol. The van der Waals surface area contributed by atoms with E-state index in [1.165, 1.54) is 0 Å². The molecule has 0 radical (unpaired) electrons. The molecular formula is C9H12N2O2. The van der Waals surface area contributed by atoms with Gasteiger partial charge in [0.05, 0.1) is 17.9 Å². The van der Waals surface area contributed by atoms with E-state index in [1.54, 1.807) is 6.33 Å². The molecule has 0 aromatic carbocycles. The third-order valence-electron chi connectivity index (χ3n) is 2.73. The average molecular weight is 180 g/mol. The highest BCUT2D eigenvalue weighted by molar-refractivity contribution is 5.75. The van der Waals surface area contributed by atoms with Gasteiger partial charge in [-0.15, -0.1) is 0 Å². The maximum Gasteiger partial charge on any atom is 0.307 e.